The zero-order valence-corrected chi connectivity index (χ0v) is 21.9. The second-order valence-corrected chi connectivity index (χ2v) is 9.56. The number of amides is 2. The summed E-state index contributed by atoms with van der Waals surface area (Å²) in [6, 6.07) is 20.8. The zero-order chi connectivity index (χ0) is 25.9. The van der Waals surface area contributed by atoms with Crippen molar-refractivity contribution in [2.45, 2.75) is 31.7 Å². The van der Waals surface area contributed by atoms with E-state index in [4.69, 9.17) is 16.3 Å². The van der Waals surface area contributed by atoms with Gasteiger partial charge in [-0.3, -0.25) is 9.59 Å². The molecular formula is C28H30ClFN2O3S. The Balaban J connectivity index is 1.86. The van der Waals surface area contributed by atoms with Gasteiger partial charge < -0.3 is 15.0 Å². The summed E-state index contributed by atoms with van der Waals surface area (Å²) in [5.41, 5.74) is 2.15. The van der Waals surface area contributed by atoms with Crippen molar-refractivity contribution in [2.24, 2.45) is 0 Å². The number of nitrogens with one attached hydrogen (secondary N) is 1. The van der Waals surface area contributed by atoms with E-state index in [2.05, 4.69) is 5.32 Å². The lowest BCUT2D eigenvalue weighted by Crippen LogP contribution is -2.51. The molecule has 1 atom stereocenters. The zero-order valence-electron chi connectivity index (χ0n) is 20.4. The Hall–Kier alpha value is -3.03. The van der Waals surface area contributed by atoms with Gasteiger partial charge >= 0.3 is 0 Å². The number of nitrogens with zero attached hydrogens (tertiary/aromatic N) is 1. The first-order valence-electron chi connectivity index (χ1n) is 11.7. The highest BCUT2D eigenvalue weighted by atomic mass is 35.5. The summed E-state index contributed by atoms with van der Waals surface area (Å²) in [5, 5.41) is 3.20. The molecule has 3 aromatic carbocycles. The fraction of sp³-hybridized carbons (Fsp3) is 0.286. The highest BCUT2D eigenvalue weighted by Gasteiger charge is 2.30. The Morgan fingerprint density at radius 3 is 2.47 bits per heavy atom. The third-order valence-electron chi connectivity index (χ3n) is 5.64. The molecule has 1 N–H and O–H groups in total. The van der Waals surface area contributed by atoms with Gasteiger partial charge in [0.1, 0.15) is 17.6 Å². The van der Waals surface area contributed by atoms with E-state index in [1.165, 1.54) is 17.8 Å². The van der Waals surface area contributed by atoms with Gasteiger partial charge in [-0.2, -0.15) is 0 Å². The van der Waals surface area contributed by atoms with Crippen LogP contribution in [-0.2, 0) is 28.3 Å². The molecular weight excluding hydrogens is 499 g/mol. The van der Waals surface area contributed by atoms with Crippen LogP contribution in [0.1, 0.15) is 23.6 Å². The molecule has 0 aliphatic heterocycles. The standard InChI is InChI=1S/C28H30ClFN2O3S/c1-3-31-28(34)26(16-20-9-5-4-6-10-20)32(17-21-11-7-12-22(15-21)35-2)27(33)19-36-18-23-24(29)13-8-14-25(23)30/h4-15,26H,3,16-19H2,1-2H3,(H,31,34). The lowest BCUT2D eigenvalue weighted by molar-refractivity contribution is -0.139. The van der Waals surface area contributed by atoms with Crippen molar-refractivity contribution in [1.29, 1.82) is 0 Å². The fourth-order valence-corrected chi connectivity index (χ4v) is 5.06. The first-order chi connectivity index (χ1) is 17.4. The van der Waals surface area contributed by atoms with E-state index in [0.717, 1.165) is 11.1 Å². The predicted octanol–water partition coefficient (Wildman–Crippen LogP) is 5.50. The average molecular weight is 529 g/mol. The topological polar surface area (TPSA) is 58.6 Å². The predicted molar refractivity (Wildman–Crippen MR) is 144 cm³/mol. The number of thioether (sulfide) groups is 1. The normalized spacial score (nSPS) is 11.6. The van der Waals surface area contributed by atoms with Crippen LogP contribution in [0.4, 0.5) is 4.39 Å². The van der Waals surface area contributed by atoms with Crippen molar-refractivity contribution in [3.8, 4) is 5.75 Å². The minimum Gasteiger partial charge on any atom is -0.497 e. The Morgan fingerprint density at radius 2 is 1.78 bits per heavy atom. The summed E-state index contributed by atoms with van der Waals surface area (Å²) < 4.78 is 19.5. The molecule has 0 saturated heterocycles. The van der Waals surface area contributed by atoms with Crippen molar-refractivity contribution in [3.05, 3.63) is 100 Å². The third-order valence-corrected chi connectivity index (χ3v) is 6.94. The molecule has 0 saturated carbocycles. The molecule has 0 aliphatic carbocycles. The van der Waals surface area contributed by atoms with Gasteiger partial charge in [-0.1, -0.05) is 60.1 Å². The van der Waals surface area contributed by atoms with E-state index in [1.54, 1.807) is 24.1 Å². The number of carbonyl (C=O) groups excluding carboxylic acids is 2. The third kappa shape index (κ3) is 7.73. The van der Waals surface area contributed by atoms with Gasteiger partial charge in [0, 0.05) is 35.8 Å². The van der Waals surface area contributed by atoms with Crippen LogP contribution in [0, 0.1) is 5.82 Å². The van der Waals surface area contributed by atoms with Gasteiger partial charge in [-0.15, -0.1) is 11.8 Å². The van der Waals surface area contributed by atoms with Gasteiger partial charge in [0.15, 0.2) is 0 Å². The van der Waals surface area contributed by atoms with Crippen LogP contribution >= 0.6 is 23.4 Å². The maximum atomic E-state index is 14.2. The van der Waals surface area contributed by atoms with Crippen molar-refractivity contribution < 1.29 is 18.7 Å². The molecule has 0 aromatic heterocycles. The highest BCUT2D eigenvalue weighted by molar-refractivity contribution is 7.99. The van der Waals surface area contributed by atoms with Gasteiger partial charge in [-0.25, -0.2) is 4.39 Å². The van der Waals surface area contributed by atoms with E-state index < -0.39 is 11.9 Å². The van der Waals surface area contributed by atoms with Crippen molar-refractivity contribution in [2.75, 3.05) is 19.4 Å². The summed E-state index contributed by atoms with van der Waals surface area (Å²) in [4.78, 5) is 28.4. The molecule has 36 heavy (non-hydrogen) atoms. The van der Waals surface area contributed by atoms with Crippen molar-refractivity contribution in [3.63, 3.8) is 0 Å². The van der Waals surface area contributed by atoms with Crippen LogP contribution in [0.25, 0.3) is 0 Å². The Bertz CT molecular complexity index is 1140. The maximum absolute atomic E-state index is 14.2. The van der Waals surface area contributed by atoms with Crippen LogP contribution < -0.4 is 10.1 Å². The first kappa shape index (κ1) is 27.6. The van der Waals surface area contributed by atoms with Crippen LogP contribution in [0.3, 0.4) is 0 Å². The maximum Gasteiger partial charge on any atom is 0.243 e. The van der Waals surface area contributed by atoms with Crippen LogP contribution in [0.15, 0.2) is 72.8 Å². The Kier molecular flexibility index (Phi) is 10.6. The number of likely N-dealkylation sites (N-methyl/N-ethyl adjacent to an activating group) is 1. The molecule has 0 fully saturated rings. The summed E-state index contributed by atoms with van der Waals surface area (Å²) >= 11 is 7.41. The SMILES string of the molecule is CCNC(=O)C(Cc1ccccc1)N(Cc1cccc(OC)c1)C(=O)CSCc1c(F)cccc1Cl. The summed E-state index contributed by atoms with van der Waals surface area (Å²) in [6.45, 7) is 2.53. The number of ether oxygens (including phenoxy) is 1. The van der Waals surface area contributed by atoms with E-state index in [0.29, 0.717) is 29.3 Å². The molecule has 0 radical (unpaired) electrons. The molecule has 0 bridgehead atoms. The van der Waals surface area contributed by atoms with Crippen LogP contribution in [0.2, 0.25) is 5.02 Å². The second kappa shape index (κ2) is 13.9. The minimum atomic E-state index is -0.719. The van der Waals surface area contributed by atoms with Gasteiger partial charge in [0.25, 0.3) is 0 Å². The monoisotopic (exact) mass is 528 g/mol. The first-order valence-corrected chi connectivity index (χ1v) is 13.2. The molecule has 2 amide bonds. The molecule has 0 heterocycles. The van der Waals surface area contributed by atoms with Crippen molar-refractivity contribution >= 4 is 35.2 Å². The molecule has 5 nitrogen and oxygen atoms in total. The summed E-state index contributed by atoms with van der Waals surface area (Å²) in [6.07, 6.45) is 0.367. The molecule has 3 aromatic rings. The number of hydrogen-bond acceptors (Lipinski definition) is 4. The molecule has 3 rings (SSSR count). The largest absolute Gasteiger partial charge is 0.497 e. The number of hydrogen-bond donors (Lipinski definition) is 1. The smallest absolute Gasteiger partial charge is 0.243 e. The van der Waals surface area contributed by atoms with Crippen LogP contribution in [0.5, 0.6) is 5.75 Å². The molecule has 190 valence electrons. The van der Waals surface area contributed by atoms with Crippen molar-refractivity contribution in [1.82, 2.24) is 10.2 Å². The second-order valence-electron chi connectivity index (χ2n) is 8.17. The number of carbonyl (C=O) groups is 2. The summed E-state index contributed by atoms with van der Waals surface area (Å²) in [5.74, 6) is 0.136. The van der Waals surface area contributed by atoms with E-state index in [9.17, 15) is 14.0 Å². The fourth-order valence-electron chi connectivity index (χ4n) is 3.81. The molecule has 8 heteroatoms. The lowest BCUT2D eigenvalue weighted by atomic mass is 10.0. The van der Waals surface area contributed by atoms with Gasteiger partial charge in [0.2, 0.25) is 11.8 Å². The molecule has 1 unspecified atom stereocenters. The summed E-state index contributed by atoms with van der Waals surface area (Å²) in [7, 11) is 1.58. The molecule has 0 spiro atoms. The van der Waals surface area contributed by atoms with E-state index >= 15 is 0 Å². The quantitative estimate of drug-likeness (QED) is 0.337. The van der Waals surface area contributed by atoms with E-state index in [-0.39, 0.29) is 29.9 Å². The van der Waals surface area contributed by atoms with E-state index in [1.807, 2.05) is 61.5 Å². The number of rotatable bonds is 12. The van der Waals surface area contributed by atoms with Crippen LogP contribution in [-0.4, -0.2) is 42.2 Å². The number of benzene rings is 3. The molecule has 0 aliphatic rings. The van der Waals surface area contributed by atoms with Gasteiger partial charge in [-0.05, 0) is 42.3 Å². The highest BCUT2D eigenvalue weighted by Crippen LogP contribution is 2.25. The number of halogens is 2. The lowest BCUT2D eigenvalue weighted by Gasteiger charge is -2.31. The minimum absolute atomic E-state index is 0.0688. The number of methoxy groups -OCH3 is 1. The Morgan fingerprint density at radius 1 is 1.06 bits per heavy atom. The Labute approximate surface area is 221 Å². The average Bonchev–Trinajstić information content (AvgIpc) is 2.88. The van der Waals surface area contributed by atoms with Gasteiger partial charge in [0.05, 0.1) is 12.9 Å².